The molecular weight excluding hydrogens is 374 g/mol. The minimum Gasteiger partial charge on any atom is -0.478 e. The highest BCUT2D eigenvalue weighted by Gasteiger charge is 2.71. The molecule has 1 aromatic rings. The molecule has 2 N–H and O–H groups in total. The molecule has 4 nitrogen and oxygen atoms in total. The number of nitrogens with one attached hydrogen (secondary N) is 1. The minimum atomic E-state index is -0.981. The van der Waals surface area contributed by atoms with Gasteiger partial charge in [0.2, 0.25) is 0 Å². The maximum atomic E-state index is 13.4. The molecule has 3 rings (SSSR count). The van der Waals surface area contributed by atoms with Gasteiger partial charge in [0.15, 0.2) is 5.78 Å². The molecule has 0 aliphatic heterocycles. The SMILES string of the molecule is C=CC(=O)O.CCCCCNCC12CCC(C)(C(=O)C1=Cc1ccccc1)C2(C)C. The van der Waals surface area contributed by atoms with Crippen LogP contribution in [0.5, 0.6) is 0 Å². The summed E-state index contributed by atoms with van der Waals surface area (Å²) in [4.78, 5) is 22.6. The number of benzene rings is 1. The Bertz CT molecular complexity index is 796. The first kappa shape index (κ1) is 24.1. The summed E-state index contributed by atoms with van der Waals surface area (Å²) in [5, 5.41) is 11.3. The van der Waals surface area contributed by atoms with Gasteiger partial charge < -0.3 is 10.4 Å². The van der Waals surface area contributed by atoms with Crippen LogP contribution in [0, 0.1) is 16.2 Å². The Balaban J connectivity index is 0.000000575. The number of hydrogen-bond donors (Lipinski definition) is 2. The van der Waals surface area contributed by atoms with Crippen LogP contribution in [-0.4, -0.2) is 29.9 Å². The second kappa shape index (κ2) is 9.74. The summed E-state index contributed by atoms with van der Waals surface area (Å²) in [5.74, 6) is -0.604. The molecule has 0 saturated heterocycles. The predicted molar refractivity (Wildman–Crippen MR) is 123 cm³/mol. The molecular formula is C26H37NO3. The van der Waals surface area contributed by atoms with E-state index in [4.69, 9.17) is 5.11 Å². The van der Waals surface area contributed by atoms with Gasteiger partial charge in [-0.25, -0.2) is 4.79 Å². The van der Waals surface area contributed by atoms with E-state index in [1.807, 2.05) is 18.2 Å². The highest BCUT2D eigenvalue weighted by Crippen LogP contribution is 2.72. The number of aliphatic carboxylic acids is 1. The van der Waals surface area contributed by atoms with Gasteiger partial charge in [0.25, 0.3) is 0 Å². The third-order valence-electron chi connectivity index (χ3n) is 7.56. The Hall–Kier alpha value is -2.20. The molecule has 2 atom stereocenters. The maximum absolute atomic E-state index is 13.4. The number of carboxylic acids is 1. The molecule has 0 amide bonds. The van der Waals surface area contributed by atoms with E-state index in [0.29, 0.717) is 5.78 Å². The maximum Gasteiger partial charge on any atom is 0.327 e. The lowest BCUT2D eigenvalue weighted by Crippen LogP contribution is -2.42. The largest absolute Gasteiger partial charge is 0.478 e. The van der Waals surface area contributed by atoms with E-state index >= 15 is 0 Å². The van der Waals surface area contributed by atoms with E-state index < -0.39 is 5.97 Å². The second-order valence-electron chi connectivity index (χ2n) is 9.26. The molecule has 2 saturated carbocycles. The van der Waals surface area contributed by atoms with E-state index in [1.165, 1.54) is 19.3 Å². The molecule has 0 radical (unpaired) electrons. The zero-order chi connectivity index (χ0) is 22.4. The normalized spacial score (nSPS) is 27.6. The van der Waals surface area contributed by atoms with E-state index in [-0.39, 0.29) is 16.2 Å². The van der Waals surface area contributed by atoms with E-state index in [0.717, 1.165) is 43.1 Å². The average molecular weight is 412 g/mol. The average Bonchev–Trinajstić information content (AvgIpc) is 2.99. The number of carbonyl (C=O) groups is 2. The number of carbonyl (C=O) groups excluding carboxylic acids is 1. The van der Waals surface area contributed by atoms with Gasteiger partial charge in [-0.15, -0.1) is 0 Å². The van der Waals surface area contributed by atoms with Crippen LogP contribution >= 0.6 is 0 Å². The molecule has 4 heteroatoms. The van der Waals surface area contributed by atoms with Crippen molar-refractivity contribution in [3.8, 4) is 0 Å². The van der Waals surface area contributed by atoms with Crippen LogP contribution in [0.15, 0.2) is 48.6 Å². The molecule has 0 heterocycles. The highest BCUT2D eigenvalue weighted by molar-refractivity contribution is 6.09. The van der Waals surface area contributed by atoms with Gasteiger partial charge in [-0.05, 0) is 42.9 Å². The third kappa shape index (κ3) is 4.29. The van der Waals surface area contributed by atoms with E-state index in [1.54, 1.807) is 0 Å². The van der Waals surface area contributed by atoms with Crippen LogP contribution < -0.4 is 5.32 Å². The Labute approximate surface area is 181 Å². The van der Waals surface area contributed by atoms with Crippen LogP contribution in [-0.2, 0) is 9.59 Å². The van der Waals surface area contributed by atoms with Crippen LogP contribution in [0.4, 0.5) is 0 Å². The number of fused-ring (bicyclic) bond motifs is 2. The lowest BCUT2D eigenvalue weighted by atomic mass is 9.64. The Morgan fingerprint density at radius 1 is 1.17 bits per heavy atom. The number of rotatable bonds is 8. The van der Waals surface area contributed by atoms with Crippen LogP contribution in [0.2, 0.25) is 0 Å². The van der Waals surface area contributed by atoms with Crippen molar-refractivity contribution < 1.29 is 14.7 Å². The lowest BCUT2D eigenvalue weighted by Gasteiger charge is -2.40. The molecule has 0 aromatic heterocycles. The van der Waals surface area contributed by atoms with Crippen LogP contribution in [0.1, 0.15) is 65.4 Å². The first-order valence-electron chi connectivity index (χ1n) is 11.0. The summed E-state index contributed by atoms with van der Waals surface area (Å²) in [7, 11) is 0. The summed E-state index contributed by atoms with van der Waals surface area (Å²) in [5.41, 5.74) is 1.93. The van der Waals surface area contributed by atoms with Crippen molar-refractivity contribution >= 4 is 17.8 Å². The fourth-order valence-electron chi connectivity index (χ4n) is 5.13. The minimum absolute atomic E-state index is 0.00451. The van der Waals surface area contributed by atoms with Crippen LogP contribution in [0.3, 0.4) is 0 Å². The van der Waals surface area contributed by atoms with Gasteiger partial charge in [-0.2, -0.15) is 0 Å². The fraction of sp³-hybridized carbons (Fsp3) is 0.538. The molecule has 30 heavy (non-hydrogen) atoms. The standard InChI is InChI=1S/C23H33NO.C3H4O2/c1-5-6-10-15-24-17-23-14-13-22(4,21(23,2)3)20(25)19(23)16-18-11-8-7-9-12-18;1-2-3(4)5/h7-9,11-12,16,24H,5-6,10,13-15,17H2,1-4H3;2H,1H2,(H,4,5). The smallest absolute Gasteiger partial charge is 0.327 e. The van der Waals surface area contributed by atoms with E-state index in [2.05, 4.69) is 57.8 Å². The van der Waals surface area contributed by atoms with Crippen molar-refractivity contribution in [2.45, 2.75) is 59.8 Å². The van der Waals surface area contributed by atoms with E-state index in [9.17, 15) is 9.59 Å². The Morgan fingerprint density at radius 3 is 2.37 bits per heavy atom. The molecule has 164 valence electrons. The van der Waals surface area contributed by atoms with Gasteiger partial charge >= 0.3 is 5.97 Å². The quantitative estimate of drug-likeness (QED) is 0.438. The van der Waals surface area contributed by atoms with Gasteiger partial charge in [-0.3, -0.25) is 4.79 Å². The fourth-order valence-corrected chi connectivity index (χ4v) is 5.13. The molecule has 0 spiro atoms. The Morgan fingerprint density at radius 2 is 1.80 bits per heavy atom. The van der Waals surface area contributed by atoms with Gasteiger partial charge in [0.05, 0.1) is 0 Å². The van der Waals surface area contributed by atoms with Crippen molar-refractivity contribution in [2.24, 2.45) is 16.2 Å². The molecule has 2 aliphatic rings. The van der Waals surface area contributed by atoms with Gasteiger partial charge in [-0.1, -0.05) is 77.4 Å². The predicted octanol–water partition coefficient (Wildman–Crippen LogP) is 5.50. The molecule has 2 fully saturated rings. The third-order valence-corrected chi connectivity index (χ3v) is 7.56. The van der Waals surface area contributed by atoms with Crippen molar-refractivity contribution in [2.75, 3.05) is 13.1 Å². The second-order valence-corrected chi connectivity index (χ2v) is 9.26. The monoisotopic (exact) mass is 411 g/mol. The summed E-state index contributed by atoms with van der Waals surface area (Å²) in [6.45, 7) is 14.0. The molecule has 2 unspecified atom stereocenters. The number of hydrogen-bond acceptors (Lipinski definition) is 3. The van der Waals surface area contributed by atoms with Gasteiger partial charge in [0, 0.05) is 29.0 Å². The lowest BCUT2D eigenvalue weighted by molar-refractivity contribution is -0.131. The zero-order valence-corrected chi connectivity index (χ0v) is 19.0. The number of Topliss-reactive ketones (excluding diaryl/α,β-unsaturated/α-hetero) is 1. The number of ketones is 1. The molecule has 1 aromatic carbocycles. The summed E-state index contributed by atoms with van der Waals surface area (Å²) in [6.07, 6.45) is 8.86. The summed E-state index contributed by atoms with van der Waals surface area (Å²) in [6, 6.07) is 10.3. The number of unbranched alkanes of at least 4 members (excludes halogenated alkanes) is 2. The summed E-state index contributed by atoms with van der Waals surface area (Å²) < 4.78 is 0. The van der Waals surface area contributed by atoms with Crippen molar-refractivity contribution in [1.82, 2.24) is 5.32 Å². The molecule has 2 bridgehead atoms. The van der Waals surface area contributed by atoms with Crippen molar-refractivity contribution in [3.05, 3.63) is 54.1 Å². The number of carboxylic acid groups (broad SMARTS) is 1. The van der Waals surface area contributed by atoms with Crippen molar-refractivity contribution in [3.63, 3.8) is 0 Å². The Kier molecular flexibility index (Phi) is 7.81. The highest BCUT2D eigenvalue weighted by atomic mass is 16.4. The van der Waals surface area contributed by atoms with Crippen LogP contribution in [0.25, 0.3) is 6.08 Å². The van der Waals surface area contributed by atoms with Gasteiger partial charge in [0.1, 0.15) is 0 Å². The molecule has 2 aliphatic carbocycles. The first-order chi connectivity index (χ1) is 14.2. The van der Waals surface area contributed by atoms with Crippen molar-refractivity contribution in [1.29, 1.82) is 0 Å². The first-order valence-corrected chi connectivity index (χ1v) is 11.0. The zero-order valence-electron chi connectivity index (χ0n) is 19.0. The summed E-state index contributed by atoms with van der Waals surface area (Å²) >= 11 is 0. The topological polar surface area (TPSA) is 66.4 Å².